The van der Waals surface area contributed by atoms with Crippen LogP contribution in [0.1, 0.15) is 5.56 Å². The lowest BCUT2D eigenvalue weighted by atomic mass is 10.2. The van der Waals surface area contributed by atoms with Crippen LogP contribution in [-0.2, 0) is 6.54 Å². The minimum atomic E-state index is -0.422. The van der Waals surface area contributed by atoms with Crippen LogP contribution >= 0.6 is 11.6 Å². The number of anilines is 1. The molecule has 0 saturated heterocycles. The van der Waals surface area contributed by atoms with E-state index in [1.165, 1.54) is 12.4 Å². The maximum absolute atomic E-state index is 13.1. The van der Waals surface area contributed by atoms with Crippen LogP contribution in [0, 0.1) is 5.82 Å². The SMILES string of the molecule is Fc1ccc(CNc2ccccc2-n2cnnn2)cc1Cl. The molecule has 3 aromatic rings. The van der Waals surface area contributed by atoms with Crippen LogP contribution in [0.15, 0.2) is 48.8 Å². The van der Waals surface area contributed by atoms with Gasteiger partial charge in [-0.25, -0.2) is 4.39 Å². The van der Waals surface area contributed by atoms with Crippen LogP contribution in [0.4, 0.5) is 10.1 Å². The predicted molar refractivity (Wildman–Crippen MR) is 77.9 cm³/mol. The molecule has 2 aromatic carbocycles. The van der Waals surface area contributed by atoms with Gasteiger partial charge in [-0.1, -0.05) is 29.8 Å². The summed E-state index contributed by atoms with van der Waals surface area (Å²) >= 11 is 5.77. The number of nitrogens with zero attached hydrogens (tertiary/aromatic N) is 4. The number of benzene rings is 2. The minimum absolute atomic E-state index is 0.114. The fourth-order valence-electron chi connectivity index (χ4n) is 1.94. The zero-order valence-electron chi connectivity index (χ0n) is 10.9. The lowest BCUT2D eigenvalue weighted by molar-refractivity contribution is 0.627. The van der Waals surface area contributed by atoms with Gasteiger partial charge in [0.1, 0.15) is 12.1 Å². The first-order valence-corrected chi connectivity index (χ1v) is 6.62. The lowest BCUT2D eigenvalue weighted by Crippen LogP contribution is -2.05. The third-order valence-electron chi connectivity index (χ3n) is 2.97. The number of tetrazole rings is 1. The summed E-state index contributed by atoms with van der Waals surface area (Å²) in [5.74, 6) is -0.422. The van der Waals surface area contributed by atoms with Crippen molar-refractivity contribution < 1.29 is 4.39 Å². The summed E-state index contributed by atoms with van der Waals surface area (Å²) in [6.45, 7) is 0.513. The summed E-state index contributed by atoms with van der Waals surface area (Å²) in [5, 5.41) is 14.5. The van der Waals surface area contributed by atoms with Gasteiger partial charge in [-0.15, -0.1) is 5.10 Å². The van der Waals surface area contributed by atoms with Crippen molar-refractivity contribution in [2.45, 2.75) is 6.54 Å². The molecule has 1 N–H and O–H groups in total. The van der Waals surface area contributed by atoms with Gasteiger partial charge in [0.2, 0.25) is 0 Å². The van der Waals surface area contributed by atoms with Crippen molar-refractivity contribution in [2.75, 3.05) is 5.32 Å². The van der Waals surface area contributed by atoms with Crippen molar-refractivity contribution >= 4 is 17.3 Å². The molecule has 0 saturated carbocycles. The Labute approximate surface area is 125 Å². The van der Waals surface area contributed by atoms with E-state index in [1.54, 1.807) is 16.8 Å². The second-order valence-corrected chi connectivity index (χ2v) is 4.78. The van der Waals surface area contributed by atoms with E-state index in [0.29, 0.717) is 6.54 Å². The number of rotatable bonds is 4. The van der Waals surface area contributed by atoms with Crippen molar-refractivity contribution in [1.29, 1.82) is 0 Å². The Morgan fingerprint density at radius 2 is 2.05 bits per heavy atom. The molecule has 7 heteroatoms. The van der Waals surface area contributed by atoms with E-state index in [0.717, 1.165) is 16.9 Å². The number of aromatic nitrogens is 4. The Balaban J connectivity index is 1.81. The molecular formula is C14H11ClFN5. The van der Waals surface area contributed by atoms with Gasteiger partial charge >= 0.3 is 0 Å². The second-order valence-electron chi connectivity index (χ2n) is 4.37. The number of para-hydroxylation sites is 2. The Bertz CT molecular complexity index is 745. The zero-order valence-corrected chi connectivity index (χ0v) is 11.6. The van der Waals surface area contributed by atoms with Crippen LogP contribution in [-0.4, -0.2) is 20.2 Å². The highest BCUT2D eigenvalue weighted by Crippen LogP contribution is 2.21. The molecular weight excluding hydrogens is 293 g/mol. The van der Waals surface area contributed by atoms with E-state index in [4.69, 9.17) is 11.6 Å². The topological polar surface area (TPSA) is 55.6 Å². The van der Waals surface area contributed by atoms with E-state index in [-0.39, 0.29) is 5.02 Å². The number of nitrogens with one attached hydrogen (secondary N) is 1. The Kier molecular flexibility index (Phi) is 3.79. The maximum Gasteiger partial charge on any atom is 0.143 e. The molecule has 106 valence electrons. The average Bonchev–Trinajstić information content (AvgIpc) is 3.03. The molecule has 0 aliphatic heterocycles. The van der Waals surface area contributed by atoms with Crippen LogP contribution in [0.25, 0.3) is 5.69 Å². The highest BCUT2D eigenvalue weighted by molar-refractivity contribution is 6.30. The van der Waals surface area contributed by atoms with Gasteiger partial charge in [-0.2, -0.15) is 4.68 Å². The molecule has 1 heterocycles. The first kappa shape index (κ1) is 13.5. The van der Waals surface area contributed by atoms with Crippen LogP contribution in [0.3, 0.4) is 0 Å². The highest BCUT2D eigenvalue weighted by Gasteiger charge is 2.06. The van der Waals surface area contributed by atoms with Crippen molar-refractivity contribution in [3.63, 3.8) is 0 Å². The third-order valence-corrected chi connectivity index (χ3v) is 3.26. The molecule has 3 rings (SSSR count). The molecule has 0 radical (unpaired) electrons. The largest absolute Gasteiger partial charge is 0.379 e. The Hall–Kier alpha value is -2.47. The smallest absolute Gasteiger partial charge is 0.143 e. The molecule has 0 atom stereocenters. The van der Waals surface area contributed by atoms with Gasteiger partial charge < -0.3 is 5.32 Å². The summed E-state index contributed by atoms with van der Waals surface area (Å²) in [5.41, 5.74) is 2.58. The molecule has 0 aliphatic carbocycles. The van der Waals surface area contributed by atoms with Gasteiger partial charge in [0.25, 0.3) is 0 Å². The summed E-state index contributed by atoms with van der Waals surface area (Å²) < 4.78 is 14.7. The molecule has 0 bridgehead atoms. The van der Waals surface area contributed by atoms with Gasteiger partial charge in [0.05, 0.1) is 16.4 Å². The van der Waals surface area contributed by atoms with Crippen molar-refractivity contribution in [3.05, 3.63) is 65.2 Å². The fraction of sp³-hybridized carbons (Fsp3) is 0.0714. The van der Waals surface area contributed by atoms with Gasteiger partial charge in [0.15, 0.2) is 0 Å². The van der Waals surface area contributed by atoms with Gasteiger partial charge in [-0.05, 0) is 40.3 Å². The number of hydrogen-bond acceptors (Lipinski definition) is 4. The average molecular weight is 304 g/mol. The first-order chi connectivity index (χ1) is 10.2. The molecule has 0 fully saturated rings. The second kappa shape index (κ2) is 5.88. The van der Waals surface area contributed by atoms with Crippen LogP contribution < -0.4 is 5.32 Å². The molecule has 0 aliphatic rings. The quantitative estimate of drug-likeness (QED) is 0.805. The number of halogens is 2. The molecule has 21 heavy (non-hydrogen) atoms. The normalized spacial score (nSPS) is 10.6. The van der Waals surface area contributed by atoms with E-state index < -0.39 is 5.82 Å². The van der Waals surface area contributed by atoms with Crippen LogP contribution in [0.2, 0.25) is 5.02 Å². The van der Waals surface area contributed by atoms with Gasteiger partial charge in [0, 0.05) is 6.54 Å². The standard InChI is InChI=1S/C14H11ClFN5/c15-11-7-10(5-6-12(11)16)8-17-13-3-1-2-4-14(13)21-9-18-19-20-21/h1-7,9,17H,8H2. The van der Waals surface area contributed by atoms with Gasteiger partial charge in [-0.3, -0.25) is 0 Å². The minimum Gasteiger partial charge on any atom is -0.379 e. The predicted octanol–water partition coefficient (Wildman–Crippen LogP) is 3.07. The van der Waals surface area contributed by atoms with E-state index >= 15 is 0 Å². The van der Waals surface area contributed by atoms with Crippen LogP contribution in [0.5, 0.6) is 0 Å². The molecule has 0 unspecified atom stereocenters. The van der Waals surface area contributed by atoms with E-state index in [2.05, 4.69) is 20.8 Å². The monoisotopic (exact) mass is 303 g/mol. The third kappa shape index (κ3) is 3.00. The van der Waals surface area contributed by atoms with E-state index in [9.17, 15) is 4.39 Å². The van der Waals surface area contributed by atoms with Crippen molar-refractivity contribution in [1.82, 2.24) is 20.2 Å². The fourth-order valence-corrected chi connectivity index (χ4v) is 2.14. The summed E-state index contributed by atoms with van der Waals surface area (Å²) in [7, 11) is 0. The first-order valence-electron chi connectivity index (χ1n) is 6.24. The molecule has 0 spiro atoms. The molecule has 1 aromatic heterocycles. The maximum atomic E-state index is 13.1. The summed E-state index contributed by atoms with van der Waals surface area (Å²) in [6, 6.07) is 12.3. The zero-order chi connectivity index (χ0) is 14.7. The molecule has 5 nitrogen and oxygen atoms in total. The Morgan fingerprint density at radius 3 is 2.81 bits per heavy atom. The summed E-state index contributed by atoms with van der Waals surface area (Å²) in [6.07, 6.45) is 1.52. The van der Waals surface area contributed by atoms with Crippen molar-refractivity contribution in [3.8, 4) is 5.69 Å². The van der Waals surface area contributed by atoms with Crippen molar-refractivity contribution in [2.24, 2.45) is 0 Å². The van der Waals surface area contributed by atoms with E-state index in [1.807, 2.05) is 24.3 Å². The molecule has 0 amide bonds. The number of hydrogen-bond donors (Lipinski definition) is 1. The lowest BCUT2D eigenvalue weighted by Gasteiger charge is -2.11. The Morgan fingerprint density at radius 1 is 1.19 bits per heavy atom. The highest BCUT2D eigenvalue weighted by atomic mass is 35.5. The summed E-state index contributed by atoms with van der Waals surface area (Å²) in [4.78, 5) is 0.